The average Bonchev–Trinajstić information content (AvgIpc) is 2.65. The number of rotatable bonds is 6. The van der Waals surface area contributed by atoms with Crippen molar-refractivity contribution < 1.29 is 19.1 Å². The monoisotopic (exact) mass is 354 g/mol. The number of nitrogens with zero attached hydrogens (tertiary/aromatic N) is 1. The van der Waals surface area contributed by atoms with Gasteiger partial charge < -0.3 is 19.7 Å². The summed E-state index contributed by atoms with van der Waals surface area (Å²) < 4.78 is 11.4. The molecule has 2 aromatic rings. The van der Waals surface area contributed by atoms with Gasteiger partial charge in [0.1, 0.15) is 18.1 Å². The molecule has 0 aromatic heterocycles. The molecule has 1 N–H and O–H groups in total. The molecule has 1 heterocycles. The highest BCUT2D eigenvalue weighted by molar-refractivity contribution is 6.00. The molecule has 0 fully saturated rings. The fourth-order valence-corrected chi connectivity index (χ4v) is 2.74. The number of benzene rings is 2. The summed E-state index contributed by atoms with van der Waals surface area (Å²) in [6.07, 6.45) is -0.188. The van der Waals surface area contributed by atoms with Gasteiger partial charge in [0, 0.05) is 18.2 Å². The van der Waals surface area contributed by atoms with E-state index in [9.17, 15) is 9.59 Å². The van der Waals surface area contributed by atoms with Crippen molar-refractivity contribution >= 4 is 23.2 Å². The highest BCUT2D eigenvalue weighted by Gasteiger charge is 2.31. The van der Waals surface area contributed by atoms with E-state index in [1.54, 1.807) is 36.9 Å². The second-order valence-electron chi connectivity index (χ2n) is 6.00. The number of hydrogen-bond acceptors (Lipinski definition) is 4. The molecule has 1 aliphatic heterocycles. The minimum atomic E-state index is -0.587. The molecule has 2 aromatic carbocycles. The maximum Gasteiger partial charge on any atom is 0.267 e. The van der Waals surface area contributed by atoms with Crippen molar-refractivity contribution in [3.63, 3.8) is 0 Å². The van der Waals surface area contributed by atoms with Gasteiger partial charge in [-0.05, 0) is 31.2 Å². The van der Waals surface area contributed by atoms with Crippen LogP contribution in [0.25, 0.3) is 0 Å². The van der Waals surface area contributed by atoms with Gasteiger partial charge in [0.2, 0.25) is 5.91 Å². The number of carbonyl (C=O) groups excluding carboxylic acids is 2. The fraction of sp³-hybridized carbons (Fsp3) is 0.300. The van der Waals surface area contributed by atoms with E-state index in [-0.39, 0.29) is 11.8 Å². The Morgan fingerprint density at radius 3 is 2.73 bits per heavy atom. The van der Waals surface area contributed by atoms with Crippen LogP contribution in [0.15, 0.2) is 48.5 Å². The zero-order valence-corrected chi connectivity index (χ0v) is 14.9. The lowest BCUT2D eigenvalue weighted by atomic mass is 10.1. The van der Waals surface area contributed by atoms with Gasteiger partial charge in [-0.15, -0.1) is 0 Å². The summed E-state index contributed by atoms with van der Waals surface area (Å²) in [6.45, 7) is 4.29. The first-order valence-electron chi connectivity index (χ1n) is 8.68. The predicted octanol–water partition coefficient (Wildman–Crippen LogP) is 3.23. The van der Waals surface area contributed by atoms with Gasteiger partial charge in [-0.1, -0.05) is 25.1 Å². The van der Waals surface area contributed by atoms with Gasteiger partial charge >= 0.3 is 0 Å². The fourth-order valence-electron chi connectivity index (χ4n) is 2.74. The second kappa shape index (κ2) is 7.91. The van der Waals surface area contributed by atoms with Gasteiger partial charge in [0.25, 0.3) is 5.91 Å². The molecular weight excluding hydrogens is 332 g/mol. The molecule has 0 saturated heterocycles. The summed E-state index contributed by atoms with van der Waals surface area (Å²) in [4.78, 5) is 25.8. The normalized spacial score (nSPS) is 15.8. The van der Waals surface area contributed by atoms with Crippen LogP contribution in [-0.2, 0) is 9.59 Å². The molecule has 136 valence electrons. The van der Waals surface area contributed by atoms with E-state index in [1.807, 2.05) is 30.3 Å². The molecule has 0 spiro atoms. The number of nitrogens with one attached hydrogen (secondary N) is 1. The average molecular weight is 354 g/mol. The summed E-state index contributed by atoms with van der Waals surface area (Å²) in [6, 6.07) is 14.8. The molecule has 26 heavy (non-hydrogen) atoms. The molecule has 3 rings (SSSR count). The van der Waals surface area contributed by atoms with Crippen molar-refractivity contribution in [1.82, 2.24) is 0 Å². The smallest absolute Gasteiger partial charge is 0.267 e. The highest BCUT2D eigenvalue weighted by atomic mass is 16.5. The molecule has 6 nitrogen and oxygen atoms in total. The highest BCUT2D eigenvalue weighted by Crippen LogP contribution is 2.36. The number of amides is 2. The second-order valence-corrected chi connectivity index (χ2v) is 6.00. The Morgan fingerprint density at radius 2 is 2.00 bits per heavy atom. The molecule has 0 saturated carbocycles. The third-order valence-electron chi connectivity index (χ3n) is 4.10. The maximum atomic E-state index is 12.5. The van der Waals surface area contributed by atoms with E-state index in [2.05, 4.69) is 5.32 Å². The molecule has 0 bridgehead atoms. The quantitative estimate of drug-likeness (QED) is 0.865. The van der Waals surface area contributed by atoms with Gasteiger partial charge in [0.15, 0.2) is 6.10 Å². The number of carbonyl (C=O) groups is 2. The molecule has 6 heteroatoms. The van der Waals surface area contributed by atoms with Crippen LogP contribution in [0.2, 0.25) is 0 Å². The lowest BCUT2D eigenvalue weighted by Gasteiger charge is -2.33. The number of para-hydroxylation sites is 1. The Kier molecular flexibility index (Phi) is 5.41. The molecular formula is C20H22N2O4. The number of anilines is 2. The van der Waals surface area contributed by atoms with Crippen molar-refractivity contribution in [1.29, 1.82) is 0 Å². The number of fused-ring (bicyclic) bond motifs is 1. The van der Waals surface area contributed by atoms with Crippen molar-refractivity contribution in [2.24, 2.45) is 0 Å². The molecule has 2 amide bonds. The van der Waals surface area contributed by atoms with E-state index in [0.717, 1.165) is 5.75 Å². The predicted molar refractivity (Wildman–Crippen MR) is 99.7 cm³/mol. The minimum absolute atomic E-state index is 0.0713. The van der Waals surface area contributed by atoms with Gasteiger partial charge in [0.05, 0.1) is 12.2 Å². The van der Waals surface area contributed by atoms with Gasteiger partial charge in [-0.25, -0.2) is 0 Å². The van der Waals surface area contributed by atoms with E-state index < -0.39 is 6.10 Å². The van der Waals surface area contributed by atoms with Crippen molar-refractivity contribution in [3.05, 3.63) is 48.5 Å². The molecule has 0 aliphatic carbocycles. The Labute approximate surface area is 152 Å². The first kappa shape index (κ1) is 17.8. The van der Waals surface area contributed by atoms with Gasteiger partial charge in [-0.2, -0.15) is 0 Å². The molecule has 1 unspecified atom stereocenters. The summed E-state index contributed by atoms with van der Waals surface area (Å²) in [5.74, 6) is 1.15. The van der Waals surface area contributed by atoms with E-state index in [4.69, 9.17) is 9.47 Å². The van der Waals surface area contributed by atoms with E-state index in [1.165, 1.54) is 0 Å². The van der Waals surface area contributed by atoms with Crippen LogP contribution in [0, 0.1) is 0 Å². The van der Waals surface area contributed by atoms with E-state index in [0.29, 0.717) is 36.7 Å². The molecule has 1 aliphatic rings. The van der Waals surface area contributed by atoms with Crippen molar-refractivity contribution in [2.45, 2.75) is 26.4 Å². The Balaban J connectivity index is 1.74. The van der Waals surface area contributed by atoms with E-state index >= 15 is 0 Å². The molecule has 0 radical (unpaired) electrons. The Morgan fingerprint density at radius 1 is 1.23 bits per heavy atom. The first-order valence-corrected chi connectivity index (χ1v) is 8.68. The van der Waals surface area contributed by atoms with Gasteiger partial charge in [-0.3, -0.25) is 9.59 Å². The van der Waals surface area contributed by atoms with Crippen LogP contribution >= 0.6 is 0 Å². The summed E-state index contributed by atoms with van der Waals surface area (Å²) in [7, 11) is 0. The van der Waals surface area contributed by atoms with Crippen LogP contribution in [0.4, 0.5) is 11.4 Å². The minimum Gasteiger partial charge on any atom is -0.492 e. The third kappa shape index (κ3) is 3.96. The largest absolute Gasteiger partial charge is 0.492 e. The van der Waals surface area contributed by atoms with Crippen molar-refractivity contribution in [3.8, 4) is 11.5 Å². The van der Waals surface area contributed by atoms with Crippen molar-refractivity contribution in [2.75, 3.05) is 23.4 Å². The SMILES string of the molecule is CCC(=O)Nc1ccc2c(c1)OC(C)C(=O)N2CCOc1ccccc1. The summed E-state index contributed by atoms with van der Waals surface area (Å²) in [5.41, 5.74) is 1.33. The lowest BCUT2D eigenvalue weighted by molar-refractivity contribution is -0.125. The number of ether oxygens (including phenoxy) is 2. The lowest BCUT2D eigenvalue weighted by Crippen LogP contribution is -2.46. The first-order chi connectivity index (χ1) is 12.6. The zero-order valence-electron chi connectivity index (χ0n) is 14.9. The van der Waals surface area contributed by atoms with Crippen LogP contribution in [0.1, 0.15) is 20.3 Å². The Hall–Kier alpha value is -3.02. The molecule has 1 atom stereocenters. The summed E-state index contributed by atoms with van der Waals surface area (Å²) >= 11 is 0. The zero-order chi connectivity index (χ0) is 18.5. The summed E-state index contributed by atoms with van der Waals surface area (Å²) in [5, 5.41) is 2.80. The topological polar surface area (TPSA) is 67.9 Å². The van der Waals surface area contributed by atoms with Crippen LogP contribution in [-0.4, -0.2) is 31.1 Å². The van der Waals surface area contributed by atoms with Crippen LogP contribution in [0.5, 0.6) is 11.5 Å². The number of hydrogen-bond donors (Lipinski definition) is 1. The van der Waals surface area contributed by atoms with Crippen LogP contribution in [0.3, 0.4) is 0 Å². The Bertz CT molecular complexity index is 792. The van der Waals surface area contributed by atoms with Crippen LogP contribution < -0.4 is 19.7 Å². The third-order valence-corrected chi connectivity index (χ3v) is 4.10. The maximum absolute atomic E-state index is 12.5. The standard InChI is InChI=1S/C20H22N2O4/c1-3-19(23)21-15-9-10-17-18(13-15)26-14(2)20(24)22(17)11-12-25-16-7-5-4-6-8-16/h4-10,13-14H,3,11-12H2,1-2H3,(H,21,23).